The van der Waals surface area contributed by atoms with E-state index in [-0.39, 0.29) is 28.2 Å². The first-order valence-electron chi connectivity index (χ1n) is 15.2. The van der Waals surface area contributed by atoms with Crippen molar-refractivity contribution in [2.24, 2.45) is 0 Å². The minimum atomic E-state index is -3.43. The Morgan fingerprint density at radius 2 is 1.04 bits per heavy atom. The molecule has 4 amide bonds. The van der Waals surface area contributed by atoms with Crippen LogP contribution in [0.25, 0.3) is 11.1 Å². The van der Waals surface area contributed by atoms with E-state index in [9.17, 15) is 27.6 Å². The third-order valence-electron chi connectivity index (χ3n) is 7.17. The van der Waals surface area contributed by atoms with Gasteiger partial charge in [-0.05, 0) is 103 Å². The van der Waals surface area contributed by atoms with Crippen molar-refractivity contribution in [3.8, 4) is 11.1 Å². The molecule has 0 spiro atoms. The largest absolute Gasteiger partial charge is 0.326 e. The average Bonchev–Trinajstić information content (AvgIpc) is 3.01. The fourth-order valence-corrected chi connectivity index (χ4v) is 5.49. The van der Waals surface area contributed by atoms with Crippen LogP contribution >= 0.6 is 0 Å². The molecule has 0 radical (unpaired) electrons. The average molecular weight is 655 g/mol. The van der Waals surface area contributed by atoms with Gasteiger partial charge in [0.2, 0.25) is 11.8 Å². The first-order valence-corrected chi connectivity index (χ1v) is 17.1. The Hall–Kier alpha value is -5.29. The molecule has 0 fully saturated rings. The number of rotatable bonds is 12. The van der Waals surface area contributed by atoms with Crippen molar-refractivity contribution in [3.05, 3.63) is 102 Å². The first kappa shape index (κ1) is 34.6. The number of carbonyl (C=O) groups is 4. The maximum Gasteiger partial charge on any atom is 0.255 e. The summed E-state index contributed by atoms with van der Waals surface area (Å²) in [5.41, 5.74) is 4.40. The molecule has 0 saturated carbocycles. The maximum atomic E-state index is 13.2. The van der Waals surface area contributed by atoms with Crippen molar-refractivity contribution < 1.29 is 27.6 Å². The molecular weight excluding hydrogens is 616 g/mol. The van der Waals surface area contributed by atoms with Crippen molar-refractivity contribution in [3.63, 3.8) is 0 Å². The number of aryl methyl sites for hydroxylation is 1. The van der Waals surface area contributed by atoms with Crippen LogP contribution < -0.4 is 21.3 Å². The van der Waals surface area contributed by atoms with Crippen molar-refractivity contribution in [2.45, 2.75) is 51.3 Å². The molecular formula is C36H38N4O6S. The van der Waals surface area contributed by atoms with E-state index in [0.717, 1.165) is 11.8 Å². The summed E-state index contributed by atoms with van der Waals surface area (Å²) in [7, 11) is -3.43. The Morgan fingerprint density at radius 3 is 1.49 bits per heavy atom. The van der Waals surface area contributed by atoms with Gasteiger partial charge in [-0.15, -0.1) is 0 Å². The van der Waals surface area contributed by atoms with Gasteiger partial charge in [-0.25, -0.2) is 8.42 Å². The van der Waals surface area contributed by atoms with Crippen molar-refractivity contribution in [1.82, 2.24) is 0 Å². The monoisotopic (exact) mass is 654 g/mol. The Balaban J connectivity index is 1.75. The van der Waals surface area contributed by atoms with Crippen LogP contribution in [0.3, 0.4) is 0 Å². The molecule has 0 saturated heterocycles. The quantitative estimate of drug-likeness (QED) is 0.129. The third kappa shape index (κ3) is 9.60. The highest BCUT2D eigenvalue weighted by Crippen LogP contribution is 2.33. The molecule has 4 aromatic rings. The lowest BCUT2D eigenvalue weighted by Crippen LogP contribution is -2.15. The van der Waals surface area contributed by atoms with Crippen LogP contribution in [-0.4, -0.2) is 38.3 Å². The Bertz CT molecular complexity index is 1920. The zero-order valence-electron chi connectivity index (χ0n) is 26.8. The molecule has 4 aromatic carbocycles. The van der Waals surface area contributed by atoms with Crippen LogP contribution in [0.1, 0.15) is 65.8 Å². The minimum absolute atomic E-state index is 0.0909. The second-order valence-corrected chi connectivity index (χ2v) is 13.2. The Morgan fingerprint density at radius 1 is 0.596 bits per heavy atom. The lowest BCUT2D eigenvalue weighted by molar-refractivity contribution is -0.117. The van der Waals surface area contributed by atoms with Gasteiger partial charge >= 0.3 is 0 Å². The molecule has 0 aliphatic carbocycles. The van der Waals surface area contributed by atoms with E-state index in [4.69, 9.17) is 0 Å². The standard InChI is InChI=1S/C36H38N4O6S/c1-5-9-33(41)37-27-17-25(19-29(21-27)39-35(43)24-13-15-31(16-14-24)47(4,45)46)26-18-28(38-34(42)10-6-2)22-30(20-26)40-36(44)32-12-8-7-11-23(32)3/h7-8,11-22H,5-6,9-10H2,1-4H3,(H,37,41)(H,38,42)(H,39,43)(H,40,44). The molecule has 244 valence electrons. The smallest absolute Gasteiger partial charge is 0.255 e. The van der Waals surface area contributed by atoms with Crippen LogP contribution in [0.4, 0.5) is 22.7 Å². The summed E-state index contributed by atoms with van der Waals surface area (Å²) in [5.74, 6) is -1.19. The topological polar surface area (TPSA) is 151 Å². The van der Waals surface area contributed by atoms with Gasteiger partial charge in [0, 0.05) is 53.0 Å². The SMILES string of the molecule is CCCC(=O)Nc1cc(NC(=O)c2ccc(S(C)(=O)=O)cc2)cc(-c2cc(NC(=O)CCC)cc(NC(=O)c3ccccc3C)c2)c1. The van der Waals surface area contributed by atoms with Crippen LogP contribution in [0, 0.1) is 6.92 Å². The van der Waals surface area contributed by atoms with E-state index in [1.54, 1.807) is 48.5 Å². The molecule has 10 nitrogen and oxygen atoms in total. The predicted molar refractivity (Wildman–Crippen MR) is 186 cm³/mol. The number of hydrogen-bond donors (Lipinski definition) is 4. The van der Waals surface area contributed by atoms with Crippen molar-refractivity contribution >= 4 is 56.2 Å². The minimum Gasteiger partial charge on any atom is -0.326 e. The molecule has 0 aliphatic heterocycles. The maximum absolute atomic E-state index is 13.2. The second kappa shape index (κ2) is 15.3. The summed E-state index contributed by atoms with van der Waals surface area (Å²) in [6, 6.07) is 23.0. The molecule has 4 N–H and O–H groups in total. The highest BCUT2D eigenvalue weighted by molar-refractivity contribution is 7.90. The van der Waals surface area contributed by atoms with Gasteiger partial charge in [0.1, 0.15) is 0 Å². The van der Waals surface area contributed by atoms with Gasteiger partial charge in [0.05, 0.1) is 4.90 Å². The number of hydrogen-bond acceptors (Lipinski definition) is 6. The summed E-state index contributed by atoms with van der Waals surface area (Å²) in [5, 5.41) is 11.5. The normalized spacial score (nSPS) is 11.0. The van der Waals surface area contributed by atoms with Crippen LogP contribution in [0.15, 0.2) is 89.8 Å². The van der Waals surface area contributed by atoms with Crippen molar-refractivity contribution in [1.29, 1.82) is 0 Å². The summed E-state index contributed by atoms with van der Waals surface area (Å²) in [6.07, 6.45) is 3.00. The second-order valence-electron chi connectivity index (χ2n) is 11.2. The zero-order chi connectivity index (χ0) is 34.1. The highest BCUT2D eigenvalue weighted by atomic mass is 32.2. The first-order chi connectivity index (χ1) is 22.4. The number of nitrogens with one attached hydrogen (secondary N) is 4. The molecule has 0 aliphatic rings. The summed E-state index contributed by atoms with van der Waals surface area (Å²) in [4.78, 5) is 51.6. The van der Waals surface area contributed by atoms with Crippen LogP contribution in [0.5, 0.6) is 0 Å². The fourth-order valence-electron chi connectivity index (χ4n) is 4.86. The van der Waals surface area contributed by atoms with Gasteiger partial charge in [-0.2, -0.15) is 0 Å². The van der Waals surface area contributed by atoms with Gasteiger partial charge in [-0.1, -0.05) is 32.0 Å². The number of sulfone groups is 1. The number of anilines is 4. The highest BCUT2D eigenvalue weighted by Gasteiger charge is 2.15. The number of amides is 4. The molecule has 0 heterocycles. The number of benzene rings is 4. The van der Waals surface area contributed by atoms with Gasteiger partial charge in [-0.3, -0.25) is 19.2 Å². The summed E-state index contributed by atoms with van der Waals surface area (Å²) in [6.45, 7) is 5.63. The predicted octanol–water partition coefficient (Wildman–Crippen LogP) is 7.05. The molecule has 0 bridgehead atoms. The van der Waals surface area contributed by atoms with E-state index >= 15 is 0 Å². The van der Waals surface area contributed by atoms with E-state index < -0.39 is 15.7 Å². The molecule has 47 heavy (non-hydrogen) atoms. The van der Waals surface area contributed by atoms with Gasteiger partial charge in [0.25, 0.3) is 11.8 Å². The van der Waals surface area contributed by atoms with Crippen molar-refractivity contribution in [2.75, 3.05) is 27.5 Å². The lowest BCUT2D eigenvalue weighted by Gasteiger charge is -2.16. The lowest BCUT2D eigenvalue weighted by atomic mass is 10.0. The molecule has 0 unspecified atom stereocenters. The van der Waals surface area contributed by atoms with E-state index in [1.807, 2.05) is 32.9 Å². The van der Waals surface area contributed by atoms with E-state index in [1.165, 1.54) is 24.3 Å². The third-order valence-corrected chi connectivity index (χ3v) is 8.30. The fraction of sp³-hybridized carbons (Fsp3) is 0.222. The molecule has 0 aromatic heterocycles. The Labute approximate surface area is 274 Å². The van der Waals surface area contributed by atoms with Gasteiger partial charge < -0.3 is 21.3 Å². The van der Waals surface area contributed by atoms with E-state index in [2.05, 4.69) is 21.3 Å². The van der Waals surface area contributed by atoms with Gasteiger partial charge in [0.15, 0.2) is 9.84 Å². The van der Waals surface area contributed by atoms with Crippen LogP contribution in [0.2, 0.25) is 0 Å². The molecule has 4 rings (SSSR count). The number of carbonyl (C=O) groups excluding carboxylic acids is 4. The summed E-state index contributed by atoms with van der Waals surface area (Å²) < 4.78 is 23.7. The van der Waals surface area contributed by atoms with Crippen LogP contribution in [-0.2, 0) is 19.4 Å². The Kier molecular flexibility index (Phi) is 11.3. The molecule has 11 heteroatoms. The zero-order valence-corrected chi connectivity index (χ0v) is 27.6. The van der Waals surface area contributed by atoms with E-state index in [0.29, 0.717) is 65.1 Å². The summed E-state index contributed by atoms with van der Waals surface area (Å²) >= 11 is 0. The molecule has 0 atom stereocenters.